The van der Waals surface area contributed by atoms with Gasteiger partial charge in [0, 0.05) is 18.2 Å². The SMILES string of the molecule is CC1CCCCCN1C(=O)c1cccc(O)c1. The van der Waals surface area contributed by atoms with Crippen molar-refractivity contribution in [2.45, 2.75) is 38.6 Å². The molecule has 3 nitrogen and oxygen atoms in total. The summed E-state index contributed by atoms with van der Waals surface area (Å²) in [4.78, 5) is 14.3. The predicted octanol–water partition coefficient (Wildman–Crippen LogP) is 2.80. The zero-order valence-corrected chi connectivity index (χ0v) is 10.2. The Labute approximate surface area is 102 Å². The van der Waals surface area contributed by atoms with Crippen LogP contribution in [0.25, 0.3) is 0 Å². The van der Waals surface area contributed by atoms with E-state index in [4.69, 9.17) is 0 Å². The lowest BCUT2D eigenvalue weighted by Crippen LogP contribution is -2.38. The van der Waals surface area contributed by atoms with Crippen molar-refractivity contribution in [2.24, 2.45) is 0 Å². The zero-order chi connectivity index (χ0) is 12.3. The topological polar surface area (TPSA) is 40.5 Å². The number of hydrogen-bond donors (Lipinski definition) is 1. The molecule has 1 saturated heterocycles. The van der Waals surface area contributed by atoms with Gasteiger partial charge in [0.2, 0.25) is 0 Å². The summed E-state index contributed by atoms with van der Waals surface area (Å²) in [5.41, 5.74) is 0.582. The Kier molecular flexibility index (Phi) is 3.67. The van der Waals surface area contributed by atoms with Crippen molar-refractivity contribution in [1.29, 1.82) is 0 Å². The van der Waals surface area contributed by atoms with Gasteiger partial charge >= 0.3 is 0 Å². The molecule has 1 aliphatic rings. The molecule has 1 atom stereocenters. The van der Waals surface area contributed by atoms with E-state index in [0.717, 1.165) is 19.4 Å². The normalized spacial score (nSPS) is 21.0. The molecule has 0 spiro atoms. The fourth-order valence-electron chi connectivity index (χ4n) is 2.38. The van der Waals surface area contributed by atoms with Crippen molar-refractivity contribution >= 4 is 5.91 Å². The second-order valence-corrected chi connectivity index (χ2v) is 4.75. The number of benzene rings is 1. The highest BCUT2D eigenvalue weighted by Gasteiger charge is 2.22. The van der Waals surface area contributed by atoms with Crippen LogP contribution in [0.5, 0.6) is 5.75 Å². The van der Waals surface area contributed by atoms with E-state index in [1.807, 2.05) is 4.90 Å². The van der Waals surface area contributed by atoms with Crippen LogP contribution in [0.15, 0.2) is 24.3 Å². The molecular formula is C14H19NO2. The fraction of sp³-hybridized carbons (Fsp3) is 0.500. The van der Waals surface area contributed by atoms with Gasteiger partial charge in [0.1, 0.15) is 5.75 Å². The summed E-state index contributed by atoms with van der Waals surface area (Å²) in [5, 5.41) is 9.41. The summed E-state index contributed by atoms with van der Waals surface area (Å²) >= 11 is 0. The first-order valence-corrected chi connectivity index (χ1v) is 6.28. The average Bonchev–Trinajstić information content (AvgIpc) is 2.53. The van der Waals surface area contributed by atoms with E-state index >= 15 is 0 Å². The van der Waals surface area contributed by atoms with Gasteiger partial charge < -0.3 is 10.0 Å². The van der Waals surface area contributed by atoms with Gasteiger partial charge in [-0.05, 0) is 38.0 Å². The molecule has 17 heavy (non-hydrogen) atoms. The van der Waals surface area contributed by atoms with Gasteiger partial charge in [-0.25, -0.2) is 0 Å². The van der Waals surface area contributed by atoms with E-state index < -0.39 is 0 Å². The van der Waals surface area contributed by atoms with Gasteiger partial charge in [0.05, 0.1) is 0 Å². The van der Waals surface area contributed by atoms with E-state index in [-0.39, 0.29) is 11.7 Å². The summed E-state index contributed by atoms with van der Waals surface area (Å²) in [5.74, 6) is 0.189. The summed E-state index contributed by atoms with van der Waals surface area (Å²) in [7, 11) is 0. The summed E-state index contributed by atoms with van der Waals surface area (Å²) in [6.07, 6.45) is 4.55. The Morgan fingerprint density at radius 1 is 1.35 bits per heavy atom. The monoisotopic (exact) mass is 233 g/mol. The lowest BCUT2D eigenvalue weighted by molar-refractivity contribution is 0.0697. The van der Waals surface area contributed by atoms with E-state index in [0.29, 0.717) is 11.6 Å². The smallest absolute Gasteiger partial charge is 0.254 e. The predicted molar refractivity (Wildman–Crippen MR) is 67.1 cm³/mol. The lowest BCUT2D eigenvalue weighted by Gasteiger charge is -2.27. The molecule has 92 valence electrons. The van der Waals surface area contributed by atoms with Crippen molar-refractivity contribution in [3.05, 3.63) is 29.8 Å². The van der Waals surface area contributed by atoms with Gasteiger partial charge in [-0.2, -0.15) is 0 Å². The van der Waals surface area contributed by atoms with Crippen molar-refractivity contribution in [3.63, 3.8) is 0 Å². The minimum absolute atomic E-state index is 0.0373. The van der Waals surface area contributed by atoms with Crippen molar-refractivity contribution in [1.82, 2.24) is 4.90 Å². The molecule has 0 aromatic heterocycles. The first-order valence-electron chi connectivity index (χ1n) is 6.28. The molecule has 1 heterocycles. The van der Waals surface area contributed by atoms with Crippen LogP contribution < -0.4 is 0 Å². The number of rotatable bonds is 1. The Morgan fingerprint density at radius 3 is 2.94 bits per heavy atom. The van der Waals surface area contributed by atoms with Crippen LogP contribution in [0.2, 0.25) is 0 Å². The highest BCUT2D eigenvalue weighted by Crippen LogP contribution is 2.20. The minimum atomic E-state index is 0.0373. The van der Waals surface area contributed by atoms with Gasteiger partial charge in [0.25, 0.3) is 5.91 Å². The Morgan fingerprint density at radius 2 is 2.18 bits per heavy atom. The van der Waals surface area contributed by atoms with Crippen LogP contribution in [0.4, 0.5) is 0 Å². The Hall–Kier alpha value is -1.51. The summed E-state index contributed by atoms with van der Waals surface area (Å²) < 4.78 is 0. The molecule has 1 unspecified atom stereocenters. The molecular weight excluding hydrogens is 214 g/mol. The number of nitrogens with zero attached hydrogens (tertiary/aromatic N) is 1. The summed E-state index contributed by atoms with van der Waals surface area (Å²) in [6, 6.07) is 6.90. The van der Waals surface area contributed by atoms with Gasteiger partial charge in [-0.1, -0.05) is 18.9 Å². The third kappa shape index (κ3) is 2.78. The zero-order valence-electron chi connectivity index (χ0n) is 10.2. The van der Waals surface area contributed by atoms with Gasteiger partial charge in [-0.3, -0.25) is 4.79 Å². The van der Waals surface area contributed by atoms with Crippen molar-refractivity contribution in [2.75, 3.05) is 6.54 Å². The highest BCUT2D eigenvalue weighted by molar-refractivity contribution is 5.94. The van der Waals surface area contributed by atoms with Crippen LogP contribution in [0, 0.1) is 0 Å². The largest absolute Gasteiger partial charge is 0.508 e. The molecule has 0 radical (unpaired) electrons. The van der Waals surface area contributed by atoms with Crippen LogP contribution in [0.1, 0.15) is 43.0 Å². The Bertz CT molecular complexity index is 403. The maximum Gasteiger partial charge on any atom is 0.254 e. The molecule has 0 aliphatic carbocycles. The third-order valence-electron chi connectivity index (χ3n) is 3.41. The molecule has 2 rings (SSSR count). The molecule has 1 aliphatic heterocycles. The molecule has 1 N–H and O–H groups in total. The minimum Gasteiger partial charge on any atom is -0.508 e. The van der Waals surface area contributed by atoms with Crippen LogP contribution in [-0.4, -0.2) is 28.5 Å². The molecule has 1 aromatic carbocycles. The number of likely N-dealkylation sites (tertiary alicyclic amines) is 1. The Balaban J connectivity index is 2.18. The molecule has 1 fully saturated rings. The maximum atomic E-state index is 12.3. The number of aromatic hydroxyl groups is 1. The number of phenolic OH excluding ortho intramolecular Hbond substituents is 1. The van der Waals surface area contributed by atoms with Gasteiger partial charge in [-0.15, -0.1) is 0 Å². The van der Waals surface area contributed by atoms with E-state index in [2.05, 4.69) is 6.92 Å². The second-order valence-electron chi connectivity index (χ2n) is 4.75. The highest BCUT2D eigenvalue weighted by atomic mass is 16.3. The van der Waals surface area contributed by atoms with Crippen LogP contribution in [0.3, 0.4) is 0 Å². The molecule has 3 heteroatoms. The average molecular weight is 233 g/mol. The second kappa shape index (κ2) is 5.21. The maximum absolute atomic E-state index is 12.3. The molecule has 0 bridgehead atoms. The number of carbonyl (C=O) groups excluding carboxylic acids is 1. The number of amides is 1. The first-order chi connectivity index (χ1) is 8.18. The van der Waals surface area contributed by atoms with E-state index in [1.54, 1.807) is 24.3 Å². The lowest BCUT2D eigenvalue weighted by atomic mass is 10.1. The number of phenols is 1. The van der Waals surface area contributed by atoms with Crippen molar-refractivity contribution in [3.8, 4) is 5.75 Å². The third-order valence-corrected chi connectivity index (χ3v) is 3.41. The van der Waals surface area contributed by atoms with Crippen LogP contribution >= 0.6 is 0 Å². The standard InChI is InChI=1S/C14H19NO2/c1-11-6-3-2-4-9-15(11)14(17)12-7-5-8-13(16)10-12/h5,7-8,10-11,16H,2-4,6,9H2,1H3. The quantitative estimate of drug-likeness (QED) is 0.810. The van der Waals surface area contributed by atoms with Crippen molar-refractivity contribution < 1.29 is 9.90 Å². The fourth-order valence-corrected chi connectivity index (χ4v) is 2.38. The number of carbonyl (C=O) groups is 1. The molecule has 0 saturated carbocycles. The molecule has 1 amide bonds. The van der Waals surface area contributed by atoms with Crippen LogP contribution in [-0.2, 0) is 0 Å². The first kappa shape index (κ1) is 12.0. The van der Waals surface area contributed by atoms with Gasteiger partial charge in [0.15, 0.2) is 0 Å². The van der Waals surface area contributed by atoms with E-state index in [9.17, 15) is 9.90 Å². The summed E-state index contributed by atoms with van der Waals surface area (Å²) in [6.45, 7) is 2.93. The number of hydrogen-bond acceptors (Lipinski definition) is 2. The van der Waals surface area contributed by atoms with E-state index in [1.165, 1.54) is 12.8 Å². The molecule has 1 aromatic rings.